The van der Waals surface area contributed by atoms with Crippen molar-refractivity contribution in [3.8, 4) is 5.75 Å². The normalized spacial score (nSPS) is 20.4. The van der Waals surface area contributed by atoms with Crippen LogP contribution in [0.5, 0.6) is 5.75 Å². The number of hydrogen-bond donors (Lipinski definition) is 1. The van der Waals surface area contributed by atoms with Gasteiger partial charge in [-0.05, 0) is 56.6 Å². The van der Waals surface area contributed by atoms with Crippen LogP contribution in [0.25, 0.3) is 0 Å². The maximum absolute atomic E-state index is 12.5. The zero-order valence-electron chi connectivity index (χ0n) is 15.3. The fourth-order valence-electron chi connectivity index (χ4n) is 3.87. The van der Waals surface area contributed by atoms with Gasteiger partial charge >= 0.3 is 0 Å². The molecule has 0 aromatic heterocycles. The van der Waals surface area contributed by atoms with Gasteiger partial charge in [-0.15, -0.1) is 0 Å². The molecule has 4 rings (SSSR count). The van der Waals surface area contributed by atoms with Crippen LogP contribution in [0.2, 0.25) is 0 Å². The summed E-state index contributed by atoms with van der Waals surface area (Å²) in [4.78, 5) is 14.8. The molecule has 136 valence electrons. The summed E-state index contributed by atoms with van der Waals surface area (Å²) in [6.45, 7) is 1.99. The number of fused-ring (bicyclic) bond motifs is 1. The summed E-state index contributed by atoms with van der Waals surface area (Å²) in [6.07, 6.45) is 3.30. The van der Waals surface area contributed by atoms with Crippen molar-refractivity contribution >= 4 is 5.91 Å². The molecule has 2 aliphatic heterocycles. The van der Waals surface area contributed by atoms with E-state index in [0.717, 1.165) is 44.5 Å². The fourth-order valence-corrected chi connectivity index (χ4v) is 3.87. The Morgan fingerprint density at radius 2 is 1.88 bits per heavy atom. The predicted molar refractivity (Wildman–Crippen MR) is 102 cm³/mol. The standard InChI is InChI=1S/C22H26N2O2/c1-24-11-9-18(10-12-24)22(25)23-21-15-19-14-17(7-8-20(19)26-21)13-16-5-3-2-4-6-16/h2-8,14,18,21H,9-13,15H2,1H3,(H,23,25). The van der Waals surface area contributed by atoms with Crippen molar-refractivity contribution in [2.75, 3.05) is 20.1 Å². The summed E-state index contributed by atoms with van der Waals surface area (Å²) in [7, 11) is 2.11. The van der Waals surface area contributed by atoms with Crippen LogP contribution >= 0.6 is 0 Å². The number of likely N-dealkylation sites (tertiary alicyclic amines) is 1. The number of piperidine rings is 1. The average Bonchev–Trinajstić information content (AvgIpc) is 3.04. The molecule has 0 bridgehead atoms. The van der Waals surface area contributed by atoms with Crippen LogP contribution in [0.15, 0.2) is 48.5 Å². The third-order valence-corrected chi connectivity index (χ3v) is 5.44. The molecule has 0 aliphatic carbocycles. The summed E-state index contributed by atoms with van der Waals surface area (Å²) in [5, 5.41) is 3.10. The van der Waals surface area contributed by atoms with Crippen molar-refractivity contribution in [2.24, 2.45) is 5.92 Å². The molecule has 0 radical (unpaired) electrons. The predicted octanol–water partition coefficient (Wildman–Crippen LogP) is 3.00. The SMILES string of the molecule is CN1CCC(C(=O)NC2Cc3cc(Cc4ccccc4)ccc3O2)CC1. The van der Waals surface area contributed by atoms with Crippen LogP contribution < -0.4 is 10.1 Å². The van der Waals surface area contributed by atoms with E-state index in [2.05, 4.69) is 53.7 Å². The molecule has 2 aromatic carbocycles. The molecule has 0 spiro atoms. The van der Waals surface area contributed by atoms with Gasteiger partial charge in [0.15, 0.2) is 6.23 Å². The van der Waals surface area contributed by atoms with E-state index in [0.29, 0.717) is 0 Å². The second-order valence-corrected chi connectivity index (χ2v) is 7.50. The summed E-state index contributed by atoms with van der Waals surface area (Å²) in [5.41, 5.74) is 3.77. The number of rotatable bonds is 4. The summed E-state index contributed by atoms with van der Waals surface area (Å²) >= 11 is 0. The third-order valence-electron chi connectivity index (χ3n) is 5.44. The zero-order valence-corrected chi connectivity index (χ0v) is 15.3. The van der Waals surface area contributed by atoms with Gasteiger partial charge in [0.1, 0.15) is 5.75 Å². The lowest BCUT2D eigenvalue weighted by molar-refractivity contribution is -0.128. The lowest BCUT2D eigenvalue weighted by atomic mass is 9.96. The molecular weight excluding hydrogens is 324 g/mol. The Hall–Kier alpha value is -2.33. The van der Waals surface area contributed by atoms with Gasteiger partial charge in [-0.1, -0.05) is 42.5 Å². The molecule has 26 heavy (non-hydrogen) atoms. The number of ether oxygens (including phenoxy) is 1. The lowest BCUT2D eigenvalue weighted by Crippen LogP contribution is -2.44. The van der Waals surface area contributed by atoms with Crippen molar-refractivity contribution in [1.29, 1.82) is 0 Å². The van der Waals surface area contributed by atoms with Crippen LogP contribution in [-0.4, -0.2) is 37.2 Å². The molecule has 4 nitrogen and oxygen atoms in total. The molecule has 1 saturated heterocycles. The highest BCUT2D eigenvalue weighted by Gasteiger charge is 2.29. The van der Waals surface area contributed by atoms with Gasteiger partial charge in [0, 0.05) is 17.9 Å². The molecule has 2 aliphatic rings. The number of amides is 1. The van der Waals surface area contributed by atoms with Crippen LogP contribution in [-0.2, 0) is 17.6 Å². The number of hydrogen-bond acceptors (Lipinski definition) is 3. The Kier molecular flexibility index (Phi) is 4.93. The number of benzene rings is 2. The van der Waals surface area contributed by atoms with Crippen molar-refractivity contribution in [2.45, 2.75) is 31.9 Å². The summed E-state index contributed by atoms with van der Waals surface area (Å²) in [6, 6.07) is 16.8. The first-order valence-corrected chi connectivity index (χ1v) is 9.49. The Morgan fingerprint density at radius 1 is 1.12 bits per heavy atom. The van der Waals surface area contributed by atoms with Crippen LogP contribution in [0, 0.1) is 5.92 Å². The first-order valence-electron chi connectivity index (χ1n) is 9.49. The maximum atomic E-state index is 12.5. The molecular formula is C22H26N2O2. The zero-order chi connectivity index (χ0) is 17.9. The van der Waals surface area contributed by atoms with E-state index in [-0.39, 0.29) is 18.1 Å². The van der Waals surface area contributed by atoms with Gasteiger partial charge in [-0.3, -0.25) is 4.79 Å². The van der Waals surface area contributed by atoms with Gasteiger partial charge in [0.25, 0.3) is 0 Å². The third kappa shape index (κ3) is 3.91. The van der Waals surface area contributed by atoms with Gasteiger partial charge in [-0.2, -0.15) is 0 Å². The van der Waals surface area contributed by atoms with Crippen molar-refractivity contribution in [3.05, 3.63) is 65.2 Å². The molecule has 1 unspecified atom stereocenters. The fraction of sp³-hybridized carbons (Fsp3) is 0.409. The van der Waals surface area contributed by atoms with E-state index < -0.39 is 0 Å². The van der Waals surface area contributed by atoms with Gasteiger partial charge < -0.3 is 15.0 Å². The van der Waals surface area contributed by atoms with E-state index in [9.17, 15) is 4.79 Å². The van der Waals surface area contributed by atoms with Crippen molar-refractivity contribution in [1.82, 2.24) is 10.2 Å². The first-order chi connectivity index (χ1) is 12.7. The Morgan fingerprint density at radius 3 is 2.65 bits per heavy atom. The number of nitrogens with one attached hydrogen (secondary N) is 1. The van der Waals surface area contributed by atoms with E-state index in [4.69, 9.17) is 4.74 Å². The minimum Gasteiger partial charge on any atom is -0.470 e. The van der Waals surface area contributed by atoms with Gasteiger partial charge in [-0.25, -0.2) is 0 Å². The number of carbonyl (C=O) groups excluding carboxylic acids is 1. The summed E-state index contributed by atoms with van der Waals surface area (Å²) < 4.78 is 5.95. The first kappa shape index (κ1) is 17.1. The van der Waals surface area contributed by atoms with Crippen molar-refractivity contribution in [3.63, 3.8) is 0 Å². The Bertz CT molecular complexity index is 767. The highest BCUT2D eigenvalue weighted by atomic mass is 16.5. The highest BCUT2D eigenvalue weighted by molar-refractivity contribution is 5.79. The van der Waals surface area contributed by atoms with Crippen molar-refractivity contribution < 1.29 is 9.53 Å². The van der Waals surface area contributed by atoms with Crippen LogP contribution in [0.3, 0.4) is 0 Å². The molecule has 1 N–H and O–H groups in total. The molecule has 0 saturated carbocycles. The minimum atomic E-state index is -0.232. The van der Waals surface area contributed by atoms with E-state index >= 15 is 0 Å². The van der Waals surface area contributed by atoms with Gasteiger partial charge in [0.05, 0.1) is 0 Å². The molecule has 1 fully saturated rings. The Labute approximate surface area is 155 Å². The number of nitrogens with zero attached hydrogens (tertiary/aromatic N) is 1. The van der Waals surface area contributed by atoms with E-state index in [1.807, 2.05) is 12.1 Å². The maximum Gasteiger partial charge on any atom is 0.226 e. The molecule has 1 amide bonds. The van der Waals surface area contributed by atoms with Crippen LogP contribution in [0.1, 0.15) is 29.5 Å². The van der Waals surface area contributed by atoms with E-state index in [1.165, 1.54) is 16.7 Å². The largest absolute Gasteiger partial charge is 0.470 e. The van der Waals surface area contributed by atoms with E-state index in [1.54, 1.807) is 0 Å². The molecule has 2 aromatic rings. The molecule has 1 atom stereocenters. The second kappa shape index (κ2) is 7.50. The average molecular weight is 350 g/mol. The monoisotopic (exact) mass is 350 g/mol. The Balaban J connectivity index is 1.36. The second-order valence-electron chi connectivity index (χ2n) is 7.50. The molecule has 4 heteroatoms. The molecule has 2 heterocycles. The summed E-state index contributed by atoms with van der Waals surface area (Å²) in [5.74, 6) is 1.16. The number of carbonyl (C=O) groups is 1. The van der Waals surface area contributed by atoms with Crippen LogP contribution in [0.4, 0.5) is 0 Å². The highest BCUT2D eigenvalue weighted by Crippen LogP contribution is 2.30. The smallest absolute Gasteiger partial charge is 0.226 e. The topological polar surface area (TPSA) is 41.6 Å². The lowest BCUT2D eigenvalue weighted by Gasteiger charge is -2.28. The minimum absolute atomic E-state index is 0.118. The quantitative estimate of drug-likeness (QED) is 0.922. The van der Waals surface area contributed by atoms with Gasteiger partial charge in [0.2, 0.25) is 5.91 Å².